The van der Waals surface area contributed by atoms with Crippen LogP contribution < -0.4 is 5.32 Å². The minimum Gasteiger partial charge on any atom is -0.308 e. The van der Waals surface area contributed by atoms with Gasteiger partial charge in [0.1, 0.15) is 0 Å². The zero-order valence-electron chi connectivity index (χ0n) is 10.9. The van der Waals surface area contributed by atoms with E-state index in [1.807, 2.05) is 17.9 Å². The minimum atomic E-state index is 0. The molecule has 0 spiro atoms. The molecule has 0 amide bonds. The van der Waals surface area contributed by atoms with Crippen molar-refractivity contribution in [2.45, 2.75) is 46.7 Å². The Bertz CT molecular complexity index is 301. The Balaban J connectivity index is 0.00000225. The third-order valence-corrected chi connectivity index (χ3v) is 2.75. The number of rotatable bonds is 4. The molecule has 1 N–H and O–H groups in total. The van der Waals surface area contributed by atoms with Gasteiger partial charge in [0.15, 0.2) is 0 Å². The molecule has 0 fully saturated rings. The molecule has 0 aliphatic heterocycles. The number of nitrogens with one attached hydrogen (secondary N) is 1. The lowest BCUT2D eigenvalue weighted by molar-refractivity contribution is 0.259. The van der Waals surface area contributed by atoms with Crippen LogP contribution in [0.4, 0.5) is 0 Å². The highest BCUT2D eigenvalue weighted by Gasteiger charge is 2.22. The summed E-state index contributed by atoms with van der Waals surface area (Å²) < 4.78 is 1.84. The van der Waals surface area contributed by atoms with Crippen LogP contribution in [-0.2, 0) is 13.6 Å². The molecule has 0 saturated carbocycles. The van der Waals surface area contributed by atoms with E-state index in [0.29, 0.717) is 11.5 Å². The second-order valence-corrected chi connectivity index (χ2v) is 5.19. The molecule has 1 unspecified atom stereocenters. The summed E-state index contributed by atoms with van der Waals surface area (Å²) in [5.74, 6) is 0. The molecule has 16 heavy (non-hydrogen) atoms. The first-order valence-corrected chi connectivity index (χ1v) is 5.65. The van der Waals surface area contributed by atoms with Crippen molar-refractivity contribution in [3.8, 4) is 0 Å². The largest absolute Gasteiger partial charge is 0.308 e. The Morgan fingerprint density at radius 2 is 2.06 bits per heavy atom. The van der Waals surface area contributed by atoms with Crippen molar-refractivity contribution in [2.75, 3.05) is 0 Å². The average Bonchev–Trinajstić information content (AvgIpc) is 2.50. The summed E-state index contributed by atoms with van der Waals surface area (Å²) in [6, 6.07) is 2.60. The quantitative estimate of drug-likeness (QED) is 0.884. The van der Waals surface area contributed by atoms with Gasteiger partial charge in [-0.1, -0.05) is 27.7 Å². The Kier molecular flexibility index (Phi) is 6.05. The number of nitrogens with zero attached hydrogens (tertiary/aromatic N) is 2. The van der Waals surface area contributed by atoms with Gasteiger partial charge in [0.25, 0.3) is 0 Å². The van der Waals surface area contributed by atoms with E-state index in [4.69, 9.17) is 0 Å². The lowest BCUT2D eigenvalue weighted by atomic mass is 9.85. The van der Waals surface area contributed by atoms with E-state index in [-0.39, 0.29) is 12.4 Å². The highest BCUT2D eigenvalue weighted by molar-refractivity contribution is 5.85. The van der Waals surface area contributed by atoms with Gasteiger partial charge in [0.2, 0.25) is 0 Å². The smallest absolute Gasteiger partial charge is 0.0762 e. The van der Waals surface area contributed by atoms with Crippen LogP contribution >= 0.6 is 12.4 Å². The van der Waals surface area contributed by atoms with Gasteiger partial charge in [0, 0.05) is 25.8 Å². The Labute approximate surface area is 105 Å². The molecule has 3 nitrogen and oxygen atoms in total. The molecular formula is C12H24ClN3. The molecule has 1 aromatic heterocycles. The van der Waals surface area contributed by atoms with E-state index in [2.05, 4.69) is 44.2 Å². The third-order valence-electron chi connectivity index (χ3n) is 2.75. The van der Waals surface area contributed by atoms with Crippen molar-refractivity contribution in [2.24, 2.45) is 12.5 Å². The first-order chi connectivity index (χ1) is 6.93. The van der Waals surface area contributed by atoms with Crippen LogP contribution in [-0.4, -0.2) is 15.8 Å². The van der Waals surface area contributed by atoms with E-state index in [0.717, 1.165) is 18.7 Å². The van der Waals surface area contributed by atoms with Crippen molar-refractivity contribution >= 4 is 12.4 Å². The van der Waals surface area contributed by atoms with Gasteiger partial charge >= 0.3 is 0 Å². The fourth-order valence-corrected chi connectivity index (χ4v) is 1.85. The summed E-state index contributed by atoms with van der Waals surface area (Å²) >= 11 is 0. The van der Waals surface area contributed by atoms with Gasteiger partial charge in [-0.3, -0.25) is 4.68 Å². The first-order valence-electron chi connectivity index (χ1n) is 5.65. The van der Waals surface area contributed by atoms with Crippen molar-refractivity contribution in [3.05, 3.63) is 18.0 Å². The number of hydrogen-bond acceptors (Lipinski definition) is 2. The van der Waals surface area contributed by atoms with E-state index < -0.39 is 0 Å². The van der Waals surface area contributed by atoms with Crippen molar-refractivity contribution in [1.29, 1.82) is 0 Å². The van der Waals surface area contributed by atoms with Gasteiger partial charge in [-0.2, -0.15) is 5.10 Å². The molecule has 0 radical (unpaired) electrons. The van der Waals surface area contributed by atoms with E-state index in [1.54, 1.807) is 0 Å². The van der Waals surface area contributed by atoms with Crippen molar-refractivity contribution in [1.82, 2.24) is 15.1 Å². The highest BCUT2D eigenvalue weighted by Crippen LogP contribution is 2.21. The fourth-order valence-electron chi connectivity index (χ4n) is 1.85. The van der Waals surface area contributed by atoms with Gasteiger partial charge in [-0.15, -0.1) is 12.4 Å². The maximum absolute atomic E-state index is 4.35. The predicted octanol–water partition coefficient (Wildman–Crippen LogP) is 2.76. The zero-order chi connectivity index (χ0) is 11.5. The summed E-state index contributed by atoms with van der Waals surface area (Å²) in [6.45, 7) is 9.89. The van der Waals surface area contributed by atoms with Crippen LogP contribution in [0.1, 0.15) is 39.8 Å². The highest BCUT2D eigenvalue weighted by atomic mass is 35.5. The Morgan fingerprint density at radius 3 is 2.44 bits per heavy atom. The fraction of sp³-hybridized carbons (Fsp3) is 0.750. The molecule has 94 valence electrons. The standard InChI is InChI=1S/C12H23N3.ClH/c1-6-11(12(2,3)4)13-9-10-7-8-15(5)14-10;/h7-8,11,13H,6,9H2,1-5H3;1H. The molecule has 1 rings (SSSR count). The van der Waals surface area contributed by atoms with Crippen molar-refractivity contribution < 1.29 is 0 Å². The van der Waals surface area contributed by atoms with Crippen molar-refractivity contribution in [3.63, 3.8) is 0 Å². The SMILES string of the molecule is CCC(NCc1ccn(C)n1)C(C)(C)C.Cl. The third kappa shape index (κ3) is 4.54. The number of hydrogen-bond donors (Lipinski definition) is 1. The molecule has 1 aromatic rings. The van der Waals surface area contributed by atoms with Gasteiger partial charge in [-0.25, -0.2) is 0 Å². The monoisotopic (exact) mass is 245 g/mol. The summed E-state index contributed by atoms with van der Waals surface area (Å²) in [5, 5.41) is 7.92. The normalized spacial score (nSPS) is 13.3. The average molecular weight is 246 g/mol. The van der Waals surface area contributed by atoms with Gasteiger partial charge in [-0.05, 0) is 17.9 Å². The lowest BCUT2D eigenvalue weighted by Crippen LogP contribution is -2.39. The van der Waals surface area contributed by atoms with Crippen LogP contribution in [0.3, 0.4) is 0 Å². The van der Waals surface area contributed by atoms with Crippen LogP contribution in [0.5, 0.6) is 0 Å². The minimum absolute atomic E-state index is 0. The topological polar surface area (TPSA) is 29.9 Å². The molecule has 0 saturated heterocycles. The zero-order valence-corrected chi connectivity index (χ0v) is 11.8. The Hall–Kier alpha value is -0.540. The molecule has 0 bridgehead atoms. The van der Waals surface area contributed by atoms with Crippen LogP contribution in [0, 0.1) is 5.41 Å². The number of aryl methyl sites for hydroxylation is 1. The first kappa shape index (κ1) is 15.5. The molecule has 4 heteroatoms. The summed E-state index contributed by atoms with van der Waals surface area (Å²) in [4.78, 5) is 0. The van der Waals surface area contributed by atoms with Crippen LogP contribution in [0.15, 0.2) is 12.3 Å². The molecule has 0 aromatic carbocycles. The van der Waals surface area contributed by atoms with E-state index in [1.165, 1.54) is 0 Å². The lowest BCUT2D eigenvalue weighted by Gasteiger charge is -2.30. The Morgan fingerprint density at radius 1 is 1.44 bits per heavy atom. The summed E-state index contributed by atoms with van der Waals surface area (Å²) in [6.07, 6.45) is 3.13. The summed E-state index contributed by atoms with van der Waals surface area (Å²) in [7, 11) is 1.95. The number of aromatic nitrogens is 2. The molecule has 0 aliphatic carbocycles. The number of halogens is 1. The maximum atomic E-state index is 4.35. The van der Waals surface area contributed by atoms with Crippen LogP contribution in [0.2, 0.25) is 0 Å². The maximum Gasteiger partial charge on any atom is 0.0762 e. The van der Waals surface area contributed by atoms with E-state index >= 15 is 0 Å². The molecular weight excluding hydrogens is 222 g/mol. The van der Waals surface area contributed by atoms with Crippen LogP contribution in [0.25, 0.3) is 0 Å². The predicted molar refractivity (Wildman–Crippen MR) is 70.8 cm³/mol. The molecule has 1 atom stereocenters. The molecule has 1 heterocycles. The second-order valence-electron chi connectivity index (χ2n) is 5.19. The van der Waals surface area contributed by atoms with Gasteiger partial charge < -0.3 is 5.32 Å². The second kappa shape index (κ2) is 6.26. The van der Waals surface area contributed by atoms with E-state index in [9.17, 15) is 0 Å². The molecule has 0 aliphatic rings. The van der Waals surface area contributed by atoms with Gasteiger partial charge in [0.05, 0.1) is 5.69 Å². The summed E-state index contributed by atoms with van der Waals surface area (Å²) in [5.41, 5.74) is 1.42.